The maximum absolute atomic E-state index is 13.1. The number of halogens is 1. The predicted octanol–water partition coefficient (Wildman–Crippen LogP) is 3.14. The van der Waals surface area contributed by atoms with Crippen molar-refractivity contribution >= 4 is 0 Å². The first kappa shape index (κ1) is 15.5. The molecule has 0 fully saturated rings. The van der Waals surface area contributed by atoms with Gasteiger partial charge in [-0.2, -0.15) is 0 Å². The van der Waals surface area contributed by atoms with Gasteiger partial charge in [0, 0.05) is 25.8 Å². The summed E-state index contributed by atoms with van der Waals surface area (Å²) in [5.74, 6) is 0.567. The van der Waals surface area contributed by atoms with Crippen molar-refractivity contribution in [2.45, 2.75) is 13.2 Å². The third kappa shape index (κ3) is 5.17. The number of hydrogen-bond acceptors (Lipinski definition) is 3. The molecule has 112 valence electrons. The average Bonchev–Trinajstić information content (AvgIpc) is 2.50. The molecule has 0 aliphatic heterocycles. The lowest BCUT2D eigenvalue weighted by atomic mass is 10.2. The van der Waals surface area contributed by atoms with Crippen LogP contribution in [0.5, 0.6) is 5.75 Å². The van der Waals surface area contributed by atoms with Crippen LogP contribution < -0.4 is 10.1 Å². The summed E-state index contributed by atoms with van der Waals surface area (Å²) in [5.41, 5.74) is 1.89. The smallest absolute Gasteiger partial charge is 0.124 e. The topological polar surface area (TPSA) is 30.5 Å². The van der Waals surface area contributed by atoms with Gasteiger partial charge in [0.05, 0.1) is 6.61 Å². The summed E-state index contributed by atoms with van der Waals surface area (Å²) >= 11 is 0. The quantitative estimate of drug-likeness (QED) is 0.757. The van der Waals surface area contributed by atoms with Crippen molar-refractivity contribution in [1.29, 1.82) is 0 Å². The van der Waals surface area contributed by atoms with Gasteiger partial charge in [-0.15, -0.1) is 0 Å². The van der Waals surface area contributed by atoms with Crippen LogP contribution in [0, 0.1) is 5.82 Å². The van der Waals surface area contributed by atoms with E-state index in [1.54, 1.807) is 13.2 Å². The molecule has 2 rings (SSSR count). The van der Waals surface area contributed by atoms with Gasteiger partial charge in [-0.1, -0.05) is 30.3 Å². The molecular formula is C17H20FNO2. The van der Waals surface area contributed by atoms with Crippen LogP contribution in [0.25, 0.3) is 0 Å². The first-order valence-corrected chi connectivity index (χ1v) is 6.94. The van der Waals surface area contributed by atoms with Crippen molar-refractivity contribution in [3.63, 3.8) is 0 Å². The van der Waals surface area contributed by atoms with Gasteiger partial charge in [0.25, 0.3) is 0 Å². The number of para-hydroxylation sites is 1. The van der Waals surface area contributed by atoms with E-state index in [1.165, 1.54) is 12.1 Å². The molecule has 0 bridgehead atoms. The third-order valence-corrected chi connectivity index (χ3v) is 3.05. The Balaban J connectivity index is 1.93. The van der Waals surface area contributed by atoms with E-state index in [9.17, 15) is 4.39 Å². The SMILES string of the molecule is COCCNCc1ccccc1OCc1cccc(F)c1. The van der Waals surface area contributed by atoms with E-state index in [-0.39, 0.29) is 5.82 Å². The maximum atomic E-state index is 13.1. The van der Waals surface area contributed by atoms with Crippen LogP contribution >= 0.6 is 0 Å². The number of benzene rings is 2. The highest BCUT2D eigenvalue weighted by Crippen LogP contribution is 2.19. The monoisotopic (exact) mass is 289 g/mol. The van der Waals surface area contributed by atoms with Crippen LogP contribution in [-0.2, 0) is 17.9 Å². The molecule has 0 spiro atoms. The molecule has 4 heteroatoms. The predicted molar refractivity (Wildman–Crippen MR) is 80.8 cm³/mol. The van der Waals surface area contributed by atoms with Gasteiger partial charge >= 0.3 is 0 Å². The highest BCUT2D eigenvalue weighted by molar-refractivity contribution is 5.33. The molecule has 0 unspecified atom stereocenters. The van der Waals surface area contributed by atoms with Crippen LogP contribution in [0.2, 0.25) is 0 Å². The average molecular weight is 289 g/mol. The fourth-order valence-corrected chi connectivity index (χ4v) is 1.98. The minimum atomic E-state index is -0.245. The van der Waals surface area contributed by atoms with E-state index in [2.05, 4.69) is 5.32 Å². The number of nitrogens with one attached hydrogen (secondary N) is 1. The standard InChI is InChI=1S/C17H20FNO2/c1-20-10-9-19-12-15-6-2-3-8-17(15)21-13-14-5-4-7-16(18)11-14/h2-8,11,19H,9-10,12-13H2,1H3. The van der Waals surface area contributed by atoms with Crippen molar-refractivity contribution in [2.75, 3.05) is 20.3 Å². The van der Waals surface area contributed by atoms with E-state index < -0.39 is 0 Å². The maximum Gasteiger partial charge on any atom is 0.124 e. The van der Waals surface area contributed by atoms with Crippen LogP contribution in [-0.4, -0.2) is 20.3 Å². The van der Waals surface area contributed by atoms with Gasteiger partial charge in [0.15, 0.2) is 0 Å². The van der Waals surface area contributed by atoms with Gasteiger partial charge in [-0.3, -0.25) is 0 Å². The molecule has 1 N–H and O–H groups in total. The molecule has 0 atom stereocenters. The fourth-order valence-electron chi connectivity index (χ4n) is 1.98. The summed E-state index contributed by atoms with van der Waals surface area (Å²) in [5, 5.41) is 3.29. The molecule has 0 aromatic heterocycles. The van der Waals surface area contributed by atoms with Crippen molar-refractivity contribution in [2.24, 2.45) is 0 Å². The summed E-state index contributed by atoms with van der Waals surface area (Å²) in [4.78, 5) is 0. The Morgan fingerprint density at radius 3 is 2.76 bits per heavy atom. The second-order valence-electron chi connectivity index (χ2n) is 4.70. The molecule has 0 saturated carbocycles. The zero-order chi connectivity index (χ0) is 14.9. The molecular weight excluding hydrogens is 269 g/mol. The first-order chi connectivity index (χ1) is 10.3. The Bertz CT molecular complexity index is 560. The molecule has 0 heterocycles. The molecule has 3 nitrogen and oxygen atoms in total. The van der Waals surface area contributed by atoms with Crippen molar-refractivity contribution in [1.82, 2.24) is 5.32 Å². The van der Waals surface area contributed by atoms with Gasteiger partial charge in [0.2, 0.25) is 0 Å². The fraction of sp³-hybridized carbons (Fsp3) is 0.294. The second-order valence-corrected chi connectivity index (χ2v) is 4.70. The van der Waals surface area contributed by atoms with E-state index in [1.807, 2.05) is 30.3 Å². The Morgan fingerprint density at radius 1 is 1.10 bits per heavy atom. The number of rotatable bonds is 8. The Labute approximate surface area is 124 Å². The molecule has 21 heavy (non-hydrogen) atoms. The lowest BCUT2D eigenvalue weighted by Crippen LogP contribution is -2.19. The largest absolute Gasteiger partial charge is 0.489 e. The molecule has 0 aliphatic carbocycles. The molecule has 2 aromatic rings. The first-order valence-electron chi connectivity index (χ1n) is 6.94. The summed E-state index contributed by atoms with van der Waals surface area (Å²) in [6.07, 6.45) is 0. The summed E-state index contributed by atoms with van der Waals surface area (Å²) < 4.78 is 23.9. The van der Waals surface area contributed by atoms with Crippen LogP contribution in [0.15, 0.2) is 48.5 Å². The van der Waals surface area contributed by atoms with E-state index in [4.69, 9.17) is 9.47 Å². The van der Waals surface area contributed by atoms with Crippen molar-refractivity contribution < 1.29 is 13.9 Å². The number of hydrogen-bond donors (Lipinski definition) is 1. The van der Waals surface area contributed by atoms with Crippen LogP contribution in [0.1, 0.15) is 11.1 Å². The lowest BCUT2D eigenvalue weighted by molar-refractivity contribution is 0.199. The Morgan fingerprint density at radius 2 is 1.95 bits per heavy atom. The van der Waals surface area contributed by atoms with Gasteiger partial charge in [0.1, 0.15) is 18.2 Å². The van der Waals surface area contributed by atoms with Crippen molar-refractivity contribution in [3.8, 4) is 5.75 Å². The zero-order valence-corrected chi connectivity index (χ0v) is 12.1. The number of ether oxygens (including phenoxy) is 2. The van der Waals surface area contributed by atoms with Gasteiger partial charge in [-0.25, -0.2) is 4.39 Å². The van der Waals surface area contributed by atoms with Gasteiger partial charge < -0.3 is 14.8 Å². The van der Waals surface area contributed by atoms with E-state index in [0.717, 1.165) is 23.4 Å². The summed E-state index contributed by atoms with van der Waals surface area (Å²) in [6, 6.07) is 14.3. The molecule has 0 amide bonds. The second kappa shape index (κ2) is 8.39. The molecule has 0 aliphatic rings. The highest BCUT2D eigenvalue weighted by atomic mass is 19.1. The summed E-state index contributed by atoms with van der Waals surface area (Å²) in [6.45, 7) is 2.52. The van der Waals surface area contributed by atoms with Crippen molar-refractivity contribution in [3.05, 3.63) is 65.5 Å². The highest BCUT2D eigenvalue weighted by Gasteiger charge is 2.03. The third-order valence-electron chi connectivity index (χ3n) is 3.05. The van der Waals surface area contributed by atoms with Crippen LogP contribution in [0.4, 0.5) is 4.39 Å². The van der Waals surface area contributed by atoms with E-state index >= 15 is 0 Å². The van der Waals surface area contributed by atoms with Gasteiger partial charge in [-0.05, 0) is 23.8 Å². The normalized spacial score (nSPS) is 10.6. The van der Waals surface area contributed by atoms with Crippen LogP contribution in [0.3, 0.4) is 0 Å². The minimum Gasteiger partial charge on any atom is -0.489 e. The molecule has 2 aromatic carbocycles. The lowest BCUT2D eigenvalue weighted by Gasteiger charge is -2.12. The zero-order valence-electron chi connectivity index (χ0n) is 12.1. The van der Waals surface area contributed by atoms with E-state index in [0.29, 0.717) is 19.8 Å². The Hall–Kier alpha value is -1.91. The molecule has 0 saturated heterocycles. The minimum absolute atomic E-state index is 0.245. The Kier molecular flexibility index (Phi) is 6.19. The molecule has 0 radical (unpaired) electrons. The number of methoxy groups -OCH3 is 1. The summed E-state index contributed by atoms with van der Waals surface area (Å²) in [7, 11) is 1.68.